The van der Waals surface area contributed by atoms with Gasteiger partial charge in [-0.3, -0.25) is 4.79 Å². The summed E-state index contributed by atoms with van der Waals surface area (Å²) in [7, 11) is -3.54. The number of aromatic nitrogens is 2. The Morgan fingerprint density at radius 1 is 1.07 bits per heavy atom. The number of carbonyl (C=O) groups is 1. The third-order valence-corrected chi connectivity index (χ3v) is 5.80. The highest BCUT2D eigenvalue weighted by Gasteiger charge is 2.19. The molecular formula is C20H21N3O4S. The van der Waals surface area contributed by atoms with Crippen LogP contribution in [0.5, 0.6) is 0 Å². The minimum absolute atomic E-state index is 0.0805. The molecule has 28 heavy (non-hydrogen) atoms. The molecule has 1 unspecified atom stereocenters. The molecule has 0 saturated carbocycles. The highest BCUT2D eigenvalue weighted by molar-refractivity contribution is 7.90. The molecule has 1 heterocycles. The van der Waals surface area contributed by atoms with Crippen LogP contribution in [0.4, 0.5) is 0 Å². The minimum atomic E-state index is -3.54. The van der Waals surface area contributed by atoms with Crippen molar-refractivity contribution in [1.82, 2.24) is 15.5 Å². The largest absolute Gasteiger partial charge is 0.350 e. The van der Waals surface area contributed by atoms with E-state index in [2.05, 4.69) is 15.5 Å². The maximum Gasteiger partial charge on any atom is 0.227 e. The number of amides is 1. The molecule has 7 nitrogen and oxygen atoms in total. The lowest BCUT2D eigenvalue weighted by Gasteiger charge is -2.13. The lowest BCUT2D eigenvalue weighted by Crippen LogP contribution is -2.26. The van der Waals surface area contributed by atoms with E-state index in [1.54, 1.807) is 18.2 Å². The van der Waals surface area contributed by atoms with Crippen LogP contribution in [0.3, 0.4) is 0 Å². The van der Waals surface area contributed by atoms with Crippen molar-refractivity contribution in [2.24, 2.45) is 0 Å². The van der Waals surface area contributed by atoms with E-state index < -0.39 is 9.84 Å². The molecule has 0 fully saturated rings. The Bertz CT molecular complexity index is 1020. The zero-order valence-electron chi connectivity index (χ0n) is 15.4. The van der Waals surface area contributed by atoms with Gasteiger partial charge in [-0.15, -0.1) is 0 Å². The van der Waals surface area contributed by atoms with E-state index in [-0.39, 0.29) is 47.2 Å². The summed E-state index contributed by atoms with van der Waals surface area (Å²) in [6.45, 7) is 1.91. The summed E-state index contributed by atoms with van der Waals surface area (Å²) in [4.78, 5) is 16.4. The molecule has 8 heteroatoms. The lowest BCUT2D eigenvalue weighted by atomic mass is 10.1. The second kappa shape index (κ2) is 8.79. The summed E-state index contributed by atoms with van der Waals surface area (Å²) >= 11 is 0. The summed E-state index contributed by atoms with van der Waals surface area (Å²) < 4.78 is 29.8. The fourth-order valence-corrected chi connectivity index (χ4v) is 3.89. The third kappa shape index (κ3) is 5.26. The van der Waals surface area contributed by atoms with Gasteiger partial charge in [0, 0.05) is 12.8 Å². The van der Waals surface area contributed by atoms with Crippen molar-refractivity contribution in [2.75, 3.05) is 0 Å². The number of rotatable bonds is 8. The van der Waals surface area contributed by atoms with E-state index in [4.69, 9.17) is 4.52 Å². The van der Waals surface area contributed by atoms with Gasteiger partial charge in [-0.2, -0.15) is 4.98 Å². The molecule has 0 spiro atoms. The van der Waals surface area contributed by atoms with Crippen LogP contribution in [0, 0.1) is 0 Å². The maximum absolute atomic E-state index is 12.3. The van der Waals surface area contributed by atoms with Crippen LogP contribution in [-0.4, -0.2) is 24.5 Å². The number of benzene rings is 2. The van der Waals surface area contributed by atoms with Crippen LogP contribution in [0.15, 0.2) is 70.1 Å². The van der Waals surface area contributed by atoms with Gasteiger partial charge in [0.25, 0.3) is 0 Å². The fourth-order valence-electron chi connectivity index (χ4n) is 2.69. The maximum atomic E-state index is 12.3. The van der Waals surface area contributed by atoms with Crippen LogP contribution in [-0.2, 0) is 26.8 Å². The zero-order chi connectivity index (χ0) is 20.0. The Morgan fingerprint density at radius 3 is 2.39 bits per heavy atom. The molecule has 3 rings (SSSR count). The van der Waals surface area contributed by atoms with Gasteiger partial charge >= 0.3 is 0 Å². The molecule has 3 aromatic rings. The number of nitrogens with zero attached hydrogens (tertiary/aromatic N) is 2. The van der Waals surface area contributed by atoms with Crippen LogP contribution in [0.2, 0.25) is 0 Å². The van der Waals surface area contributed by atoms with Crippen molar-refractivity contribution >= 4 is 15.7 Å². The van der Waals surface area contributed by atoms with E-state index in [0.29, 0.717) is 0 Å². The SMILES string of the molecule is CC(NC(=O)CCc1nc(CS(=O)(=O)c2ccccc2)no1)c1ccccc1. The first kappa shape index (κ1) is 19.8. The van der Waals surface area contributed by atoms with Crippen molar-refractivity contribution in [1.29, 1.82) is 0 Å². The van der Waals surface area contributed by atoms with Gasteiger partial charge in [0.2, 0.25) is 11.8 Å². The number of hydrogen-bond donors (Lipinski definition) is 1. The van der Waals surface area contributed by atoms with Gasteiger partial charge in [0.1, 0.15) is 5.75 Å². The van der Waals surface area contributed by atoms with Crippen LogP contribution >= 0.6 is 0 Å². The van der Waals surface area contributed by atoms with Gasteiger partial charge < -0.3 is 9.84 Å². The van der Waals surface area contributed by atoms with Crippen molar-refractivity contribution in [2.45, 2.75) is 36.5 Å². The predicted octanol–water partition coefficient (Wildman–Crippen LogP) is 2.85. The van der Waals surface area contributed by atoms with Crippen molar-refractivity contribution in [3.05, 3.63) is 77.9 Å². The standard InChI is InChI=1S/C20H21N3O4S/c1-15(16-8-4-2-5-9-16)21-19(24)12-13-20-22-18(23-27-20)14-28(25,26)17-10-6-3-7-11-17/h2-11,15H,12-14H2,1H3,(H,21,24). The molecule has 1 amide bonds. The van der Waals surface area contributed by atoms with E-state index >= 15 is 0 Å². The average molecular weight is 399 g/mol. The number of nitrogens with one attached hydrogen (secondary N) is 1. The van der Waals surface area contributed by atoms with E-state index in [1.807, 2.05) is 37.3 Å². The molecule has 0 aliphatic heterocycles. The summed E-state index contributed by atoms with van der Waals surface area (Å²) in [5.41, 5.74) is 1.02. The Labute approximate surface area is 163 Å². The first-order valence-electron chi connectivity index (χ1n) is 8.87. The predicted molar refractivity (Wildman–Crippen MR) is 103 cm³/mol. The van der Waals surface area contributed by atoms with Crippen molar-refractivity contribution < 1.29 is 17.7 Å². The topological polar surface area (TPSA) is 102 Å². The van der Waals surface area contributed by atoms with E-state index in [0.717, 1.165) is 5.56 Å². The quantitative estimate of drug-likeness (QED) is 0.625. The second-order valence-corrected chi connectivity index (χ2v) is 8.37. The summed E-state index contributed by atoms with van der Waals surface area (Å²) in [6.07, 6.45) is 0.413. The van der Waals surface area contributed by atoms with Gasteiger partial charge in [-0.25, -0.2) is 8.42 Å². The average Bonchev–Trinajstić information content (AvgIpc) is 3.14. The normalized spacial score (nSPS) is 12.5. The molecule has 0 aliphatic carbocycles. The fraction of sp³-hybridized carbons (Fsp3) is 0.250. The van der Waals surface area contributed by atoms with Crippen LogP contribution < -0.4 is 5.32 Å². The van der Waals surface area contributed by atoms with Gasteiger partial charge in [-0.05, 0) is 24.6 Å². The first-order valence-corrected chi connectivity index (χ1v) is 10.5. The minimum Gasteiger partial charge on any atom is -0.350 e. The Hall–Kier alpha value is -3.00. The molecule has 0 bridgehead atoms. The van der Waals surface area contributed by atoms with Gasteiger partial charge in [0.15, 0.2) is 15.7 Å². The smallest absolute Gasteiger partial charge is 0.227 e. The third-order valence-electron chi connectivity index (χ3n) is 4.17. The van der Waals surface area contributed by atoms with E-state index in [9.17, 15) is 13.2 Å². The summed E-state index contributed by atoms with van der Waals surface area (Å²) in [6, 6.07) is 17.6. The van der Waals surface area contributed by atoms with Gasteiger partial charge in [-0.1, -0.05) is 53.7 Å². The molecule has 0 radical (unpaired) electrons. The highest BCUT2D eigenvalue weighted by atomic mass is 32.2. The molecule has 2 aromatic carbocycles. The lowest BCUT2D eigenvalue weighted by molar-refractivity contribution is -0.121. The Morgan fingerprint density at radius 2 is 1.71 bits per heavy atom. The molecule has 0 saturated heterocycles. The molecule has 1 aromatic heterocycles. The highest BCUT2D eigenvalue weighted by Crippen LogP contribution is 2.15. The van der Waals surface area contributed by atoms with Gasteiger partial charge in [0.05, 0.1) is 10.9 Å². The number of hydrogen-bond acceptors (Lipinski definition) is 6. The molecular weight excluding hydrogens is 378 g/mol. The molecule has 1 atom stereocenters. The van der Waals surface area contributed by atoms with E-state index in [1.165, 1.54) is 12.1 Å². The molecule has 0 aliphatic rings. The Balaban J connectivity index is 1.53. The number of sulfone groups is 1. The number of aryl methyl sites for hydroxylation is 1. The summed E-state index contributed by atoms with van der Waals surface area (Å²) in [5.74, 6) is -0.178. The molecule has 146 valence electrons. The van der Waals surface area contributed by atoms with Crippen LogP contribution in [0.1, 0.15) is 36.7 Å². The second-order valence-electron chi connectivity index (χ2n) is 6.38. The zero-order valence-corrected chi connectivity index (χ0v) is 16.2. The Kier molecular flexibility index (Phi) is 6.20. The van der Waals surface area contributed by atoms with Crippen LogP contribution in [0.25, 0.3) is 0 Å². The first-order chi connectivity index (χ1) is 13.4. The van der Waals surface area contributed by atoms with Crippen molar-refractivity contribution in [3.8, 4) is 0 Å². The monoisotopic (exact) mass is 399 g/mol. The summed E-state index contributed by atoms with van der Waals surface area (Å²) in [5, 5.41) is 6.62. The van der Waals surface area contributed by atoms with Crippen molar-refractivity contribution in [3.63, 3.8) is 0 Å². The molecule has 1 N–H and O–H groups in total. The number of carbonyl (C=O) groups excluding carboxylic acids is 1.